The third kappa shape index (κ3) is 5.46. The third-order valence-corrected chi connectivity index (χ3v) is 5.32. The minimum absolute atomic E-state index is 0.490. The molecule has 130 valence electrons. The highest BCUT2D eigenvalue weighted by molar-refractivity contribution is 7.09. The van der Waals surface area contributed by atoms with Gasteiger partial charge in [0.05, 0.1) is 12.2 Å². The molecule has 0 bridgehead atoms. The smallest absolute Gasteiger partial charge is 0.191 e. The lowest BCUT2D eigenvalue weighted by Crippen LogP contribution is -2.48. The molecular weight excluding hydrogens is 306 g/mol. The Bertz CT molecular complexity index is 497. The van der Waals surface area contributed by atoms with Gasteiger partial charge in [0.2, 0.25) is 0 Å². The molecule has 2 rings (SSSR count). The van der Waals surface area contributed by atoms with Gasteiger partial charge in [-0.3, -0.25) is 9.89 Å². The number of rotatable bonds is 6. The van der Waals surface area contributed by atoms with Crippen molar-refractivity contribution in [3.63, 3.8) is 0 Å². The number of piperidine rings is 1. The maximum atomic E-state index is 4.66. The molecule has 6 heteroatoms. The number of thiazole rings is 1. The summed E-state index contributed by atoms with van der Waals surface area (Å²) in [6, 6.07) is 0.625. The van der Waals surface area contributed by atoms with Crippen LogP contribution in [0.5, 0.6) is 0 Å². The fourth-order valence-electron chi connectivity index (χ4n) is 2.97. The summed E-state index contributed by atoms with van der Waals surface area (Å²) in [7, 11) is 1.83. The number of guanidine groups is 1. The van der Waals surface area contributed by atoms with E-state index >= 15 is 0 Å². The first-order chi connectivity index (χ1) is 11.1. The minimum Gasteiger partial charge on any atom is -0.355 e. The zero-order chi connectivity index (χ0) is 16.7. The summed E-state index contributed by atoms with van der Waals surface area (Å²) >= 11 is 1.72. The monoisotopic (exact) mass is 337 g/mol. The number of likely N-dealkylation sites (N-methyl/N-ethyl adjacent to an activating group) is 1. The van der Waals surface area contributed by atoms with Crippen LogP contribution >= 0.6 is 11.3 Å². The van der Waals surface area contributed by atoms with E-state index < -0.39 is 0 Å². The molecule has 2 heterocycles. The van der Waals surface area contributed by atoms with E-state index in [-0.39, 0.29) is 0 Å². The number of hydrogen-bond donors (Lipinski definition) is 2. The number of likely N-dealkylation sites (tertiary alicyclic amines) is 1. The van der Waals surface area contributed by atoms with Gasteiger partial charge in [-0.2, -0.15) is 0 Å². The molecule has 1 aliphatic heterocycles. The van der Waals surface area contributed by atoms with Gasteiger partial charge in [-0.15, -0.1) is 11.3 Å². The van der Waals surface area contributed by atoms with Gasteiger partial charge in [-0.1, -0.05) is 27.2 Å². The van der Waals surface area contributed by atoms with E-state index in [9.17, 15) is 0 Å². The van der Waals surface area contributed by atoms with Crippen molar-refractivity contribution in [1.82, 2.24) is 20.5 Å². The zero-order valence-corrected chi connectivity index (χ0v) is 15.7. The van der Waals surface area contributed by atoms with Crippen LogP contribution in [0.2, 0.25) is 0 Å². The maximum Gasteiger partial charge on any atom is 0.191 e. The second kappa shape index (κ2) is 9.23. The molecule has 23 heavy (non-hydrogen) atoms. The lowest BCUT2D eigenvalue weighted by Gasteiger charge is -2.35. The summed E-state index contributed by atoms with van der Waals surface area (Å²) in [5.74, 6) is 1.36. The van der Waals surface area contributed by atoms with E-state index in [0.29, 0.717) is 12.0 Å². The van der Waals surface area contributed by atoms with Gasteiger partial charge in [-0.25, -0.2) is 4.98 Å². The van der Waals surface area contributed by atoms with E-state index in [1.165, 1.54) is 31.5 Å². The standard InChI is InChI=1S/C17H31N5S/c1-5-22-9-7-6-8-14(22)10-19-17(18-4)20-11-16-21-15(12-23-16)13(2)3/h12-14H,5-11H2,1-4H3,(H2,18,19,20). The van der Waals surface area contributed by atoms with Crippen LogP contribution in [0.4, 0.5) is 0 Å². The molecule has 1 atom stereocenters. The zero-order valence-electron chi connectivity index (χ0n) is 14.9. The van der Waals surface area contributed by atoms with Crippen LogP contribution in [0.3, 0.4) is 0 Å². The normalized spacial score (nSPS) is 20.0. The Kier molecular flexibility index (Phi) is 7.30. The number of hydrogen-bond acceptors (Lipinski definition) is 4. The first-order valence-electron chi connectivity index (χ1n) is 8.76. The SMILES string of the molecule is CCN1CCCCC1CNC(=NC)NCc1nc(C(C)C)cs1. The predicted molar refractivity (Wildman–Crippen MR) is 99.3 cm³/mol. The molecule has 0 saturated carbocycles. The van der Waals surface area contributed by atoms with Gasteiger partial charge in [0.15, 0.2) is 5.96 Å². The summed E-state index contributed by atoms with van der Waals surface area (Å²) in [6.45, 7) is 10.7. The average Bonchev–Trinajstić information content (AvgIpc) is 3.04. The topological polar surface area (TPSA) is 52.5 Å². The second-order valence-electron chi connectivity index (χ2n) is 6.41. The Labute approximate surface area is 144 Å². The quantitative estimate of drug-likeness (QED) is 0.619. The fourth-order valence-corrected chi connectivity index (χ4v) is 3.87. The summed E-state index contributed by atoms with van der Waals surface area (Å²) in [5.41, 5.74) is 1.18. The van der Waals surface area contributed by atoms with Crippen LogP contribution in [0, 0.1) is 0 Å². The highest BCUT2D eigenvalue weighted by Gasteiger charge is 2.20. The lowest BCUT2D eigenvalue weighted by molar-refractivity contribution is 0.157. The van der Waals surface area contributed by atoms with Gasteiger partial charge in [0.1, 0.15) is 5.01 Å². The van der Waals surface area contributed by atoms with E-state index in [1.54, 1.807) is 11.3 Å². The molecule has 0 aromatic carbocycles. The Morgan fingerprint density at radius 1 is 1.43 bits per heavy atom. The molecule has 0 radical (unpaired) electrons. The van der Waals surface area contributed by atoms with Crippen molar-refractivity contribution >= 4 is 17.3 Å². The molecule has 0 aliphatic carbocycles. The van der Waals surface area contributed by atoms with E-state index in [4.69, 9.17) is 0 Å². The second-order valence-corrected chi connectivity index (χ2v) is 7.35. The Morgan fingerprint density at radius 2 is 2.26 bits per heavy atom. The molecule has 5 nitrogen and oxygen atoms in total. The van der Waals surface area contributed by atoms with Crippen molar-refractivity contribution in [3.8, 4) is 0 Å². The summed E-state index contributed by atoms with van der Waals surface area (Å²) in [5, 5.41) is 10.1. The Morgan fingerprint density at radius 3 is 2.91 bits per heavy atom. The van der Waals surface area contributed by atoms with E-state index in [0.717, 1.165) is 30.6 Å². The van der Waals surface area contributed by atoms with Gasteiger partial charge in [-0.05, 0) is 31.8 Å². The Hall–Kier alpha value is -1.14. The summed E-state index contributed by atoms with van der Waals surface area (Å²) < 4.78 is 0. The fraction of sp³-hybridized carbons (Fsp3) is 0.765. The van der Waals surface area contributed by atoms with Crippen LogP contribution in [-0.4, -0.2) is 48.6 Å². The third-order valence-electron chi connectivity index (χ3n) is 4.45. The maximum absolute atomic E-state index is 4.66. The van der Waals surface area contributed by atoms with Crippen LogP contribution in [0.25, 0.3) is 0 Å². The molecule has 1 fully saturated rings. The molecular formula is C17H31N5S. The number of nitrogens with one attached hydrogen (secondary N) is 2. The van der Waals surface area contributed by atoms with Gasteiger partial charge >= 0.3 is 0 Å². The highest BCUT2D eigenvalue weighted by atomic mass is 32.1. The van der Waals surface area contributed by atoms with Crippen molar-refractivity contribution in [2.45, 2.75) is 58.5 Å². The van der Waals surface area contributed by atoms with Gasteiger partial charge in [0.25, 0.3) is 0 Å². The minimum atomic E-state index is 0.490. The summed E-state index contributed by atoms with van der Waals surface area (Å²) in [4.78, 5) is 11.6. The van der Waals surface area contributed by atoms with E-state index in [2.05, 4.69) is 51.7 Å². The number of nitrogens with zero attached hydrogens (tertiary/aromatic N) is 3. The van der Waals surface area contributed by atoms with Gasteiger partial charge < -0.3 is 10.6 Å². The van der Waals surface area contributed by atoms with Crippen molar-refractivity contribution in [2.75, 3.05) is 26.7 Å². The summed E-state index contributed by atoms with van der Waals surface area (Å²) in [6.07, 6.45) is 3.95. The van der Waals surface area contributed by atoms with Crippen molar-refractivity contribution in [2.24, 2.45) is 4.99 Å². The average molecular weight is 338 g/mol. The molecule has 1 unspecified atom stereocenters. The molecule has 1 saturated heterocycles. The number of aromatic nitrogens is 1. The van der Waals surface area contributed by atoms with Crippen molar-refractivity contribution in [3.05, 3.63) is 16.1 Å². The first kappa shape index (κ1) is 18.2. The van der Waals surface area contributed by atoms with Crippen LogP contribution in [-0.2, 0) is 6.54 Å². The van der Waals surface area contributed by atoms with Crippen LogP contribution in [0.1, 0.15) is 56.7 Å². The molecule has 1 aliphatic rings. The van der Waals surface area contributed by atoms with Crippen LogP contribution < -0.4 is 10.6 Å². The molecule has 0 spiro atoms. The predicted octanol–water partition coefficient (Wildman–Crippen LogP) is 2.81. The molecule has 1 aromatic rings. The van der Waals surface area contributed by atoms with E-state index in [1.807, 2.05) is 7.05 Å². The first-order valence-corrected chi connectivity index (χ1v) is 9.64. The molecule has 0 amide bonds. The Balaban J connectivity index is 1.78. The van der Waals surface area contributed by atoms with Crippen molar-refractivity contribution in [1.29, 1.82) is 0 Å². The molecule has 1 aromatic heterocycles. The van der Waals surface area contributed by atoms with Crippen LogP contribution in [0.15, 0.2) is 10.4 Å². The lowest BCUT2D eigenvalue weighted by atomic mass is 10.0. The van der Waals surface area contributed by atoms with Gasteiger partial charge in [0, 0.05) is 25.0 Å². The number of aliphatic imine (C=N–C) groups is 1. The molecule has 2 N–H and O–H groups in total. The van der Waals surface area contributed by atoms with Crippen molar-refractivity contribution < 1.29 is 0 Å². The largest absolute Gasteiger partial charge is 0.355 e. The highest BCUT2D eigenvalue weighted by Crippen LogP contribution is 2.17.